The number of nitrogens with two attached hydrogens (primary N) is 1. The second-order valence-electron chi connectivity index (χ2n) is 4.20. The summed E-state index contributed by atoms with van der Waals surface area (Å²) in [5.74, 6) is 1.29. The quantitative estimate of drug-likeness (QED) is 0.923. The van der Waals surface area contributed by atoms with E-state index in [1.165, 1.54) is 0 Å². The average Bonchev–Trinajstić information content (AvgIpc) is 2.48. The van der Waals surface area contributed by atoms with Crippen LogP contribution < -0.4 is 15.2 Å². The Balaban J connectivity index is 2.62. The number of rotatable bonds is 4. The molecule has 0 saturated heterocycles. The number of benzene rings is 2. The van der Waals surface area contributed by atoms with Crippen LogP contribution >= 0.6 is 23.2 Å². The van der Waals surface area contributed by atoms with Gasteiger partial charge in [-0.3, -0.25) is 0 Å². The van der Waals surface area contributed by atoms with Crippen molar-refractivity contribution in [3.63, 3.8) is 0 Å². The lowest BCUT2D eigenvalue weighted by Crippen LogP contribution is -2.01. The molecule has 0 heterocycles. The van der Waals surface area contributed by atoms with Crippen molar-refractivity contribution in [1.29, 1.82) is 0 Å². The molecule has 0 amide bonds. The van der Waals surface area contributed by atoms with Gasteiger partial charge >= 0.3 is 0 Å². The smallest absolute Gasteiger partial charge is 0.161 e. The Labute approximate surface area is 128 Å². The standard InChI is InChI=1S/C15H15Cl2NO2/c1-19-14-6-10(8-18)11(7-15(14)20-2)9-3-4-12(16)13(17)5-9/h3-7H,8,18H2,1-2H3. The van der Waals surface area contributed by atoms with E-state index in [-0.39, 0.29) is 0 Å². The summed E-state index contributed by atoms with van der Waals surface area (Å²) in [6.45, 7) is 0.385. The fraction of sp³-hybridized carbons (Fsp3) is 0.200. The summed E-state index contributed by atoms with van der Waals surface area (Å²) in [6, 6.07) is 9.23. The van der Waals surface area contributed by atoms with Gasteiger partial charge in [0, 0.05) is 6.54 Å². The number of ether oxygens (including phenoxy) is 2. The van der Waals surface area contributed by atoms with Gasteiger partial charge in [-0.25, -0.2) is 0 Å². The first kappa shape index (κ1) is 15.0. The Morgan fingerprint density at radius 3 is 2.15 bits per heavy atom. The highest BCUT2D eigenvalue weighted by atomic mass is 35.5. The van der Waals surface area contributed by atoms with Crippen molar-refractivity contribution in [2.75, 3.05) is 14.2 Å². The molecule has 106 valence electrons. The molecular formula is C15H15Cl2NO2. The summed E-state index contributed by atoms with van der Waals surface area (Å²) in [5.41, 5.74) is 8.64. The second-order valence-corrected chi connectivity index (χ2v) is 5.01. The summed E-state index contributed by atoms with van der Waals surface area (Å²) in [7, 11) is 3.19. The minimum absolute atomic E-state index is 0.385. The third-order valence-electron chi connectivity index (χ3n) is 3.06. The summed E-state index contributed by atoms with van der Waals surface area (Å²) >= 11 is 12.0. The van der Waals surface area contributed by atoms with Crippen LogP contribution in [0.3, 0.4) is 0 Å². The zero-order chi connectivity index (χ0) is 14.7. The van der Waals surface area contributed by atoms with Crippen LogP contribution in [0.4, 0.5) is 0 Å². The summed E-state index contributed by atoms with van der Waals surface area (Å²) in [6.07, 6.45) is 0. The van der Waals surface area contributed by atoms with Gasteiger partial charge in [-0.2, -0.15) is 0 Å². The van der Waals surface area contributed by atoms with Crippen LogP contribution in [0.25, 0.3) is 11.1 Å². The van der Waals surface area contributed by atoms with E-state index in [9.17, 15) is 0 Å². The van der Waals surface area contributed by atoms with Gasteiger partial charge in [0.05, 0.1) is 24.3 Å². The Hall–Kier alpha value is -1.42. The monoisotopic (exact) mass is 311 g/mol. The van der Waals surface area contributed by atoms with E-state index >= 15 is 0 Å². The third kappa shape index (κ3) is 2.85. The van der Waals surface area contributed by atoms with Crippen molar-refractivity contribution in [3.05, 3.63) is 45.9 Å². The minimum Gasteiger partial charge on any atom is -0.493 e. The normalized spacial score (nSPS) is 10.4. The molecule has 5 heteroatoms. The van der Waals surface area contributed by atoms with Gasteiger partial charge in [0.1, 0.15) is 0 Å². The number of halogens is 2. The van der Waals surface area contributed by atoms with Crippen LogP contribution in [-0.2, 0) is 6.54 Å². The molecule has 0 radical (unpaired) electrons. The van der Waals surface area contributed by atoms with Gasteiger partial charge in [0.2, 0.25) is 0 Å². The predicted molar refractivity (Wildman–Crippen MR) is 82.9 cm³/mol. The topological polar surface area (TPSA) is 44.5 Å². The van der Waals surface area contributed by atoms with Crippen LogP contribution in [-0.4, -0.2) is 14.2 Å². The molecule has 0 aliphatic heterocycles. The highest BCUT2D eigenvalue weighted by molar-refractivity contribution is 6.42. The fourth-order valence-electron chi connectivity index (χ4n) is 2.02. The Kier molecular flexibility index (Phi) is 4.76. The van der Waals surface area contributed by atoms with Crippen molar-refractivity contribution < 1.29 is 9.47 Å². The third-order valence-corrected chi connectivity index (χ3v) is 3.80. The maximum Gasteiger partial charge on any atom is 0.161 e. The summed E-state index contributed by atoms with van der Waals surface area (Å²) in [4.78, 5) is 0. The van der Waals surface area contributed by atoms with E-state index in [4.69, 9.17) is 38.4 Å². The lowest BCUT2D eigenvalue weighted by Gasteiger charge is -2.14. The maximum atomic E-state index is 6.07. The molecule has 0 aromatic heterocycles. The highest BCUT2D eigenvalue weighted by Crippen LogP contribution is 2.37. The molecule has 0 spiro atoms. The van der Waals surface area contributed by atoms with E-state index in [2.05, 4.69) is 0 Å². The van der Waals surface area contributed by atoms with Gasteiger partial charge in [-0.15, -0.1) is 0 Å². The van der Waals surface area contributed by atoms with Crippen LogP contribution in [0.15, 0.2) is 30.3 Å². The fourth-order valence-corrected chi connectivity index (χ4v) is 2.32. The van der Waals surface area contributed by atoms with Gasteiger partial charge < -0.3 is 15.2 Å². The first-order valence-corrected chi connectivity index (χ1v) is 6.76. The molecule has 0 bridgehead atoms. The van der Waals surface area contributed by atoms with E-state index in [0.717, 1.165) is 16.7 Å². The van der Waals surface area contributed by atoms with Crippen molar-refractivity contribution in [1.82, 2.24) is 0 Å². The lowest BCUT2D eigenvalue weighted by atomic mass is 9.99. The molecule has 0 atom stereocenters. The van der Waals surface area contributed by atoms with Crippen molar-refractivity contribution in [2.24, 2.45) is 5.73 Å². The summed E-state index contributed by atoms with van der Waals surface area (Å²) < 4.78 is 10.6. The molecular weight excluding hydrogens is 297 g/mol. The molecule has 0 aliphatic rings. The zero-order valence-electron chi connectivity index (χ0n) is 11.2. The number of hydrogen-bond acceptors (Lipinski definition) is 3. The molecule has 0 saturated carbocycles. The van der Waals surface area contributed by atoms with Crippen molar-refractivity contribution in [2.45, 2.75) is 6.54 Å². The van der Waals surface area contributed by atoms with Gasteiger partial charge in [0.25, 0.3) is 0 Å². The van der Waals surface area contributed by atoms with Crippen LogP contribution in [0.2, 0.25) is 10.0 Å². The van der Waals surface area contributed by atoms with Crippen LogP contribution in [0.5, 0.6) is 11.5 Å². The maximum absolute atomic E-state index is 6.07. The SMILES string of the molecule is COc1cc(CN)c(-c2ccc(Cl)c(Cl)c2)cc1OC. The van der Waals surface area contributed by atoms with E-state index in [1.54, 1.807) is 20.3 Å². The molecule has 2 N–H and O–H groups in total. The highest BCUT2D eigenvalue weighted by Gasteiger charge is 2.12. The largest absolute Gasteiger partial charge is 0.493 e. The first-order valence-electron chi connectivity index (χ1n) is 6.01. The van der Waals surface area contributed by atoms with Crippen molar-refractivity contribution >= 4 is 23.2 Å². The second kappa shape index (κ2) is 6.35. The molecule has 0 aliphatic carbocycles. The van der Waals surface area contributed by atoms with E-state index in [0.29, 0.717) is 28.1 Å². The first-order chi connectivity index (χ1) is 9.60. The molecule has 3 nitrogen and oxygen atoms in total. The van der Waals surface area contributed by atoms with Gasteiger partial charge in [0.15, 0.2) is 11.5 Å². The summed E-state index contributed by atoms with van der Waals surface area (Å²) in [5, 5.41) is 1.02. The van der Waals surface area contributed by atoms with E-state index < -0.39 is 0 Å². The molecule has 2 rings (SSSR count). The Bertz CT molecular complexity index is 630. The number of methoxy groups -OCH3 is 2. The molecule has 2 aromatic rings. The van der Waals surface area contributed by atoms with Gasteiger partial charge in [-0.1, -0.05) is 29.3 Å². The molecule has 2 aromatic carbocycles. The number of hydrogen-bond donors (Lipinski definition) is 1. The molecule has 0 unspecified atom stereocenters. The molecule has 20 heavy (non-hydrogen) atoms. The van der Waals surface area contributed by atoms with Crippen LogP contribution in [0.1, 0.15) is 5.56 Å². The predicted octanol–water partition coefficient (Wildman–Crippen LogP) is 4.14. The zero-order valence-corrected chi connectivity index (χ0v) is 12.8. The molecule has 0 fully saturated rings. The Morgan fingerprint density at radius 2 is 1.60 bits per heavy atom. The average molecular weight is 312 g/mol. The van der Waals surface area contributed by atoms with Gasteiger partial charge in [-0.05, 0) is 41.0 Å². The minimum atomic E-state index is 0.385. The lowest BCUT2D eigenvalue weighted by molar-refractivity contribution is 0.354. The van der Waals surface area contributed by atoms with Crippen molar-refractivity contribution in [3.8, 4) is 22.6 Å². The van der Waals surface area contributed by atoms with Crippen LogP contribution in [0, 0.1) is 0 Å². The Morgan fingerprint density at radius 1 is 0.950 bits per heavy atom. The van der Waals surface area contributed by atoms with E-state index in [1.807, 2.05) is 24.3 Å².